The third kappa shape index (κ3) is 5.56. The second-order valence-electron chi connectivity index (χ2n) is 5.06. The number of aliphatic hydroxyl groups excluding tert-OH is 1. The largest absolute Gasteiger partial charge is 0.459 e. The fourth-order valence-electron chi connectivity index (χ4n) is 2.04. The summed E-state index contributed by atoms with van der Waals surface area (Å²) in [5.41, 5.74) is 1.67. The van der Waals surface area contributed by atoms with E-state index in [1.54, 1.807) is 0 Å². The van der Waals surface area contributed by atoms with Crippen molar-refractivity contribution in [2.24, 2.45) is 0 Å². The maximum atomic E-state index is 11.9. The molecular weight excluding hydrogens is 294 g/mol. The minimum absolute atomic E-state index is 0.102. The maximum absolute atomic E-state index is 11.9. The number of hydrogen-bond donors (Lipinski definition) is 2. The van der Waals surface area contributed by atoms with Crippen molar-refractivity contribution in [2.75, 3.05) is 6.61 Å². The van der Waals surface area contributed by atoms with Gasteiger partial charge in [-0.15, -0.1) is 0 Å². The van der Waals surface area contributed by atoms with Gasteiger partial charge in [0.1, 0.15) is 6.61 Å². The molecule has 0 radical (unpaired) electrons. The molecule has 0 saturated heterocycles. The van der Waals surface area contributed by atoms with Gasteiger partial charge < -0.3 is 15.2 Å². The van der Waals surface area contributed by atoms with E-state index in [0.717, 1.165) is 11.1 Å². The molecule has 120 valence electrons. The molecule has 0 spiro atoms. The topological polar surface area (TPSA) is 75.6 Å². The van der Waals surface area contributed by atoms with E-state index in [0.29, 0.717) is 0 Å². The number of carbonyl (C=O) groups excluding carboxylic acids is 2. The highest BCUT2D eigenvalue weighted by molar-refractivity contribution is 5.85. The predicted octanol–water partition coefficient (Wildman–Crippen LogP) is 1.45. The van der Waals surface area contributed by atoms with Crippen LogP contribution in [0.1, 0.15) is 11.1 Å². The Hall–Kier alpha value is -2.66. The number of rotatable bonds is 7. The molecule has 0 aliphatic heterocycles. The van der Waals surface area contributed by atoms with Crippen LogP contribution in [0.5, 0.6) is 0 Å². The first kappa shape index (κ1) is 16.7. The average molecular weight is 313 g/mol. The number of carbonyl (C=O) groups is 2. The molecule has 1 atom stereocenters. The van der Waals surface area contributed by atoms with E-state index in [-0.39, 0.29) is 18.9 Å². The van der Waals surface area contributed by atoms with E-state index in [9.17, 15) is 14.7 Å². The van der Waals surface area contributed by atoms with Crippen LogP contribution in [0.3, 0.4) is 0 Å². The Morgan fingerprint density at radius 1 is 0.957 bits per heavy atom. The third-order valence-corrected chi connectivity index (χ3v) is 3.23. The number of nitrogens with one attached hydrogen (secondary N) is 1. The highest BCUT2D eigenvalue weighted by Crippen LogP contribution is 2.03. The van der Waals surface area contributed by atoms with Gasteiger partial charge in [-0.1, -0.05) is 60.7 Å². The first-order valence-electron chi connectivity index (χ1n) is 7.33. The molecule has 5 heteroatoms. The number of aliphatic hydroxyl groups is 1. The van der Waals surface area contributed by atoms with Crippen molar-refractivity contribution in [2.45, 2.75) is 19.1 Å². The number of amides is 1. The Bertz CT molecular complexity index is 628. The Labute approximate surface area is 134 Å². The number of esters is 1. The van der Waals surface area contributed by atoms with Crippen LogP contribution >= 0.6 is 0 Å². The lowest BCUT2D eigenvalue weighted by atomic mass is 10.1. The molecule has 2 rings (SSSR count). The maximum Gasteiger partial charge on any atom is 0.331 e. The fourth-order valence-corrected chi connectivity index (χ4v) is 2.04. The molecule has 2 N–H and O–H groups in total. The molecule has 0 heterocycles. The molecule has 0 bridgehead atoms. The van der Waals surface area contributed by atoms with Gasteiger partial charge in [-0.05, 0) is 11.1 Å². The first-order valence-corrected chi connectivity index (χ1v) is 7.33. The van der Waals surface area contributed by atoms with Gasteiger partial charge in [0.05, 0.1) is 13.0 Å². The lowest BCUT2D eigenvalue weighted by molar-refractivity contribution is -0.150. The summed E-state index contributed by atoms with van der Waals surface area (Å²) in [6.45, 7) is -0.404. The zero-order valence-corrected chi connectivity index (χ0v) is 12.6. The SMILES string of the molecule is O=C(Cc1ccccc1)N[C@@H](CO)C(=O)OCc1ccccc1. The van der Waals surface area contributed by atoms with Crippen LogP contribution in [-0.2, 0) is 27.4 Å². The van der Waals surface area contributed by atoms with Crippen LogP contribution in [-0.4, -0.2) is 29.6 Å². The van der Waals surface area contributed by atoms with Gasteiger partial charge in [0, 0.05) is 0 Å². The molecule has 0 aliphatic rings. The summed E-state index contributed by atoms with van der Waals surface area (Å²) in [5.74, 6) is -0.996. The van der Waals surface area contributed by atoms with Crippen LogP contribution in [0.2, 0.25) is 0 Å². The summed E-state index contributed by atoms with van der Waals surface area (Å²) in [5, 5.41) is 11.8. The van der Waals surface area contributed by atoms with Crippen molar-refractivity contribution in [3.8, 4) is 0 Å². The molecule has 2 aromatic carbocycles. The van der Waals surface area contributed by atoms with Gasteiger partial charge in [-0.25, -0.2) is 4.79 Å². The molecule has 2 aromatic rings. The van der Waals surface area contributed by atoms with Crippen molar-refractivity contribution < 1.29 is 19.4 Å². The normalized spacial score (nSPS) is 11.5. The van der Waals surface area contributed by atoms with E-state index in [1.165, 1.54) is 0 Å². The summed E-state index contributed by atoms with van der Waals surface area (Å²) in [7, 11) is 0. The Morgan fingerprint density at radius 2 is 1.52 bits per heavy atom. The summed E-state index contributed by atoms with van der Waals surface area (Å²) < 4.78 is 5.12. The molecule has 5 nitrogen and oxygen atoms in total. The zero-order chi connectivity index (χ0) is 16.5. The van der Waals surface area contributed by atoms with Crippen molar-refractivity contribution >= 4 is 11.9 Å². The molecule has 1 amide bonds. The van der Waals surface area contributed by atoms with Crippen molar-refractivity contribution in [1.82, 2.24) is 5.32 Å². The number of ether oxygens (including phenoxy) is 1. The lowest BCUT2D eigenvalue weighted by Gasteiger charge is -2.15. The van der Waals surface area contributed by atoms with E-state index < -0.39 is 18.6 Å². The zero-order valence-electron chi connectivity index (χ0n) is 12.6. The van der Waals surface area contributed by atoms with E-state index in [1.807, 2.05) is 60.7 Å². The van der Waals surface area contributed by atoms with Crippen LogP contribution in [0.25, 0.3) is 0 Å². The molecular formula is C18H19NO4. The van der Waals surface area contributed by atoms with Gasteiger partial charge in [-0.3, -0.25) is 4.79 Å². The van der Waals surface area contributed by atoms with Crippen LogP contribution < -0.4 is 5.32 Å². The van der Waals surface area contributed by atoms with Crippen LogP contribution in [0, 0.1) is 0 Å². The molecule has 0 unspecified atom stereocenters. The summed E-state index contributed by atoms with van der Waals surface area (Å²) in [6.07, 6.45) is 0.142. The molecule has 0 saturated carbocycles. The van der Waals surface area contributed by atoms with Crippen molar-refractivity contribution in [3.05, 3.63) is 71.8 Å². The standard InChI is InChI=1S/C18H19NO4/c20-12-16(18(22)23-13-15-9-5-2-6-10-15)19-17(21)11-14-7-3-1-4-8-14/h1-10,16,20H,11-13H2,(H,19,21)/t16-/m0/s1. The van der Waals surface area contributed by atoms with E-state index >= 15 is 0 Å². The minimum Gasteiger partial charge on any atom is -0.459 e. The molecule has 0 aromatic heterocycles. The third-order valence-electron chi connectivity index (χ3n) is 3.23. The summed E-state index contributed by atoms with van der Waals surface area (Å²) >= 11 is 0. The Morgan fingerprint density at radius 3 is 2.09 bits per heavy atom. The monoisotopic (exact) mass is 313 g/mol. The van der Waals surface area contributed by atoms with Gasteiger partial charge in [0.2, 0.25) is 5.91 Å². The quantitative estimate of drug-likeness (QED) is 0.759. The lowest BCUT2D eigenvalue weighted by Crippen LogP contribution is -2.44. The highest BCUT2D eigenvalue weighted by atomic mass is 16.5. The Balaban J connectivity index is 1.83. The number of hydrogen-bond acceptors (Lipinski definition) is 4. The minimum atomic E-state index is -1.06. The average Bonchev–Trinajstić information content (AvgIpc) is 2.59. The second kappa shape index (κ2) is 8.70. The summed E-state index contributed by atoms with van der Waals surface area (Å²) in [6, 6.07) is 17.3. The van der Waals surface area contributed by atoms with Gasteiger partial charge in [0.25, 0.3) is 0 Å². The van der Waals surface area contributed by atoms with Gasteiger partial charge in [0.15, 0.2) is 6.04 Å². The number of benzene rings is 2. The van der Waals surface area contributed by atoms with Gasteiger partial charge >= 0.3 is 5.97 Å². The highest BCUT2D eigenvalue weighted by Gasteiger charge is 2.21. The molecule has 0 aliphatic carbocycles. The predicted molar refractivity (Wildman–Crippen MR) is 85.4 cm³/mol. The van der Waals surface area contributed by atoms with Gasteiger partial charge in [-0.2, -0.15) is 0 Å². The second-order valence-corrected chi connectivity index (χ2v) is 5.06. The molecule has 23 heavy (non-hydrogen) atoms. The van der Waals surface area contributed by atoms with E-state index in [4.69, 9.17) is 4.74 Å². The van der Waals surface area contributed by atoms with Crippen molar-refractivity contribution in [1.29, 1.82) is 0 Å². The van der Waals surface area contributed by atoms with Crippen molar-refractivity contribution in [3.63, 3.8) is 0 Å². The smallest absolute Gasteiger partial charge is 0.331 e. The molecule has 0 fully saturated rings. The first-order chi connectivity index (χ1) is 11.2. The fraction of sp³-hybridized carbons (Fsp3) is 0.222. The Kier molecular flexibility index (Phi) is 6.32. The van der Waals surface area contributed by atoms with E-state index in [2.05, 4.69) is 5.32 Å². The van der Waals surface area contributed by atoms with Crippen LogP contribution in [0.15, 0.2) is 60.7 Å². The van der Waals surface area contributed by atoms with Crippen LogP contribution in [0.4, 0.5) is 0 Å². The summed E-state index contributed by atoms with van der Waals surface area (Å²) in [4.78, 5) is 23.9.